The molecule has 1 aromatic rings. The number of nitrogens with zero attached hydrogens (tertiary/aromatic N) is 1. The van der Waals surface area contributed by atoms with Gasteiger partial charge in [0.05, 0.1) is 0 Å². The molecule has 0 aromatic heterocycles. The van der Waals surface area contributed by atoms with Gasteiger partial charge in [0.1, 0.15) is 0 Å². The topological polar surface area (TPSA) is 29.3 Å². The van der Waals surface area contributed by atoms with Gasteiger partial charge in [-0.3, -0.25) is 4.90 Å². The smallest absolute Gasteiger partial charge is 0.0244 e. The Labute approximate surface area is 105 Å². The first-order valence-corrected chi connectivity index (χ1v) is 6.81. The van der Waals surface area contributed by atoms with E-state index in [4.69, 9.17) is 5.73 Å². The molecule has 94 valence electrons. The van der Waals surface area contributed by atoms with E-state index in [1.807, 2.05) is 0 Å². The zero-order chi connectivity index (χ0) is 12.1. The second kappa shape index (κ2) is 6.18. The summed E-state index contributed by atoms with van der Waals surface area (Å²) in [7, 11) is 0. The average Bonchev–Trinajstić information content (AvgIpc) is 2.38. The molecule has 2 nitrogen and oxygen atoms in total. The molecule has 0 saturated carbocycles. The maximum absolute atomic E-state index is 6.08. The fourth-order valence-electron chi connectivity index (χ4n) is 2.81. The van der Waals surface area contributed by atoms with Crippen LogP contribution in [0, 0.1) is 0 Å². The van der Waals surface area contributed by atoms with Gasteiger partial charge in [-0.2, -0.15) is 0 Å². The molecule has 2 rings (SSSR count). The highest BCUT2D eigenvalue weighted by Crippen LogP contribution is 2.19. The summed E-state index contributed by atoms with van der Waals surface area (Å²) in [5.41, 5.74) is 7.52. The molecule has 2 N–H and O–H groups in total. The minimum absolute atomic E-state index is 0.297. The molecular formula is C15H24N2. The van der Waals surface area contributed by atoms with Gasteiger partial charge in [-0.25, -0.2) is 0 Å². The summed E-state index contributed by atoms with van der Waals surface area (Å²) >= 11 is 0. The Morgan fingerprint density at radius 2 is 2.06 bits per heavy atom. The first kappa shape index (κ1) is 12.6. The van der Waals surface area contributed by atoms with Gasteiger partial charge in [-0.1, -0.05) is 36.8 Å². The standard InChI is InChI=1S/C15H24N2/c1-13(16)15-9-5-6-11-17(15)12-10-14-7-3-2-4-8-14/h2-4,7-8,13,15H,5-6,9-12,16H2,1H3. The van der Waals surface area contributed by atoms with Gasteiger partial charge in [-0.15, -0.1) is 0 Å². The lowest BCUT2D eigenvalue weighted by atomic mass is 9.96. The monoisotopic (exact) mass is 232 g/mol. The number of likely N-dealkylation sites (tertiary alicyclic amines) is 1. The summed E-state index contributed by atoms with van der Waals surface area (Å²) < 4.78 is 0. The quantitative estimate of drug-likeness (QED) is 0.864. The Balaban J connectivity index is 1.88. The predicted molar refractivity (Wildman–Crippen MR) is 73.0 cm³/mol. The van der Waals surface area contributed by atoms with Crippen molar-refractivity contribution in [3.05, 3.63) is 35.9 Å². The molecule has 0 amide bonds. The molecular weight excluding hydrogens is 208 g/mol. The molecule has 0 spiro atoms. The minimum Gasteiger partial charge on any atom is -0.327 e. The van der Waals surface area contributed by atoms with Crippen LogP contribution in [0.25, 0.3) is 0 Å². The third-order valence-electron chi connectivity index (χ3n) is 3.80. The fraction of sp³-hybridized carbons (Fsp3) is 0.600. The van der Waals surface area contributed by atoms with E-state index in [-0.39, 0.29) is 0 Å². The lowest BCUT2D eigenvalue weighted by molar-refractivity contribution is 0.132. The summed E-state index contributed by atoms with van der Waals surface area (Å²) in [5, 5.41) is 0. The van der Waals surface area contributed by atoms with Gasteiger partial charge in [-0.05, 0) is 38.3 Å². The normalized spacial score (nSPS) is 23.5. The van der Waals surface area contributed by atoms with Crippen LogP contribution >= 0.6 is 0 Å². The zero-order valence-electron chi connectivity index (χ0n) is 10.8. The van der Waals surface area contributed by atoms with E-state index in [1.165, 1.54) is 31.4 Å². The van der Waals surface area contributed by atoms with Crippen LogP contribution in [0.5, 0.6) is 0 Å². The number of hydrogen-bond acceptors (Lipinski definition) is 2. The van der Waals surface area contributed by atoms with Crippen molar-refractivity contribution in [2.45, 2.75) is 44.7 Å². The number of nitrogens with two attached hydrogens (primary N) is 1. The van der Waals surface area contributed by atoms with E-state index in [0.717, 1.165) is 13.0 Å². The van der Waals surface area contributed by atoms with E-state index in [2.05, 4.69) is 42.2 Å². The summed E-state index contributed by atoms with van der Waals surface area (Å²) in [6.45, 7) is 4.51. The highest BCUT2D eigenvalue weighted by atomic mass is 15.2. The average molecular weight is 232 g/mol. The fourth-order valence-corrected chi connectivity index (χ4v) is 2.81. The number of benzene rings is 1. The van der Waals surface area contributed by atoms with Crippen molar-refractivity contribution >= 4 is 0 Å². The zero-order valence-corrected chi connectivity index (χ0v) is 10.8. The van der Waals surface area contributed by atoms with Crippen LogP contribution in [0.1, 0.15) is 31.7 Å². The first-order chi connectivity index (χ1) is 8.27. The Kier molecular flexibility index (Phi) is 4.57. The third-order valence-corrected chi connectivity index (χ3v) is 3.80. The number of hydrogen-bond donors (Lipinski definition) is 1. The molecule has 0 aliphatic carbocycles. The molecule has 2 unspecified atom stereocenters. The van der Waals surface area contributed by atoms with Crippen molar-refractivity contribution in [2.24, 2.45) is 5.73 Å². The lowest BCUT2D eigenvalue weighted by Gasteiger charge is -2.38. The van der Waals surface area contributed by atoms with E-state index < -0.39 is 0 Å². The Morgan fingerprint density at radius 3 is 2.76 bits per heavy atom. The van der Waals surface area contributed by atoms with E-state index in [9.17, 15) is 0 Å². The SMILES string of the molecule is CC(N)C1CCCCN1CCc1ccccc1. The molecule has 1 aliphatic heterocycles. The highest BCUT2D eigenvalue weighted by Gasteiger charge is 2.24. The molecule has 0 radical (unpaired) electrons. The van der Waals surface area contributed by atoms with Gasteiger partial charge < -0.3 is 5.73 Å². The van der Waals surface area contributed by atoms with Crippen molar-refractivity contribution in [3.8, 4) is 0 Å². The van der Waals surface area contributed by atoms with Crippen LogP contribution in [0.2, 0.25) is 0 Å². The first-order valence-electron chi connectivity index (χ1n) is 6.81. The van der Waals surface area contributed by atoms with Gasteiger partial charge >= 0.3 is 0 Å². The van der Waals surface area contributed by atoms with Gasteiger partial charge in [0.25, 0.3) is 0 Å². The summed E-state index contributed by atoms with van der Waals surface area (Å²) in [6, 6.07) is 11.6. The molecule has 1 fully saturated rings. The summed E-state index contributed by atoms with van der Waals surface area (Å²) in [6.07, 6.45) is 5.09. The Morgan fingerprint density at radius 1 is 1.29 bits per heavy atom. The molecule has 17 heavy (non-hydrogen) atoms. The molecule has 1 aromatic carbocycles. The minimum atomic E-state index is 0.297. The Hall–Kier alpha value is -0.860. The summed E-state index contributed by atoms with van der Waals surface area (Å²) in [5.74, 6) is 0. The maximum Gasteiger partial charge on any atom is 0.0244 e. The van der Waals surface area contributed by atoms with Crippen LogP contribution in [0.15, 0.2) is 30.3 Å². The Bertz CT molecular complexity index is 321. The molecule has 0 bridgehead atoms. The van der Waals surface area contributed by atoms with Crippen LogP contribution in [-0.2, 0) is 6.42 Å². The highest BCUT2D eigenvalue weighted by molar-refractivity contribution is 5.15. The third kappa shape index (κ3) is 3.55. The lowest BCUT2D eigenvalue weighted by Crippen LogP contribution is -2.49. The van der Waals surface area contributed by atoms with Crippen LogP contribution in [-0.4, -0.2) is 30.1 Å². The van der Waals surface area contributed by atoms with Gasteiger partial charge in [0, 0.05) is 18.6 Å². The largest absolute Gasteiger partial charge is 0.327 e. The van der Waals surface area contributed by atoms with Crippen molar-refractivity contribution in [2.75, 3.05) is 13.1 Å². The second-order valence-corrected chi connectivity index (χ2v) is 5.19. The molecule has 2 heteroatoms. The van der Waals surface area contributed by atoms with Crippen LogP contribution in [0.3, 0.4) is 0 Å². The van der Waals surface area contributed by atoms with Gasteiger partial charge in [0.2, 0.25) is 0 Å². The molecule has 2 atom stereocenters. The molecule has 1 heterocycles. The van der Waals surface area contributed by atoms with Crippen molar-refractivity contribution in [1.82, 2.24) is 4.90 Å². The van der Waals surface area contributed by atoms with Crippen LogP contribution < -0.4 is 5.73 Å². The van der Waals surface area contributed by atoms with Crippen molar-refractivity contribution in [3.63, 3.8) is 0 Å². The summed E-state index contributed by atoms with van der Waals surface area (Å²) in [4.78, 5) is 2.58. The van der Waals surface area contributed by atoms with Crippen molar-refractivity contribution < 1.29 is 0 Å². The maximum atomic E-state index is 6.08. The van der Waals surface area contributed by atoms with Crippen molar-refractivity contribution in [1.29, 1.82) is 0 Å². The van der Waals surface area contributed by atoms with E-state index in [0.29, 0.717) is 12.1 Å². The predicted octanol–water partition coefficient (Wildman–Crippen LogP) is 2.43. The van der Waals surface area contributed by atoms with E-state index >= 15 is 0 Å². The second-order valence-electron chi connectivity index (χ2n) is 5.19. The molecule has 1 aliphatic rings. The van der Waals surface area contributed by atoms with Crippen LogP contribution in [0.4, 0.5) is 0 Å². The molecule has 1 saturated heterocycles. The van der Waals surface area contributed by atoms with E-state index in [1.54, 1.807) is 0 Å². The van der Waals surface area contributed by atoms with Gasteiger partial charge in [0.15, 0.2) is 0 Å². The number of rotatable bonds is 4. The number of piperidine rings is 1.